The Kier molecular flexibility index (Phi) is 3.39. The third kappa shape index (κ3) is 1.88. The van der Waals surface area contributed by atoms with E-state index in [-0.39, 0.29) is 23.2 Å². The molecule has 0 radical (unpaired) electrons. The maximum Gasteiger partial charge on any atom is 0.356 e. The van der Waals surface area contributed by atoms with Crippen LogP contribution in [0.2, 0.25) is 5.02 Å². The molecule has 0 aliphatic carbocycles. The predicted molar refractivity (Wildman–Crippen MR) is 69.2 cm³/mol. The highest BCUT2D eigenvalue weighted by Gasteiger charge is 2.24. The summed E-state index contributed by atoms with van der Waals surface area (Å²) in [7, 11) is 0. The average Bonchev–Trinajstić information content (AvgIpc) is 2.64. The number of para-hydroxylation sites is 1. The molecule has 0 aliphatic heterocycles. The van der Waals surface area contributed by atoms with E-state index >= 15 is 0 Å². The molecule has 0 amide bonds. The van der Waals surface area contributed by atoms with Crippen molar-refractivity contribution in [1.29, 1.82) is 0 Å². The highest BCUT2D eigenvalue weighted by atomic mass is 35.5. The van der Waals surface area contributed by atoms with Crippen LogP contribution in [0.1, 0.15) is 29.1 Å². The number of ether oxygens (including phenoxy) is 1. The van der Waals surface area contributed by atoms with Gasteiger partial charge in [0.1, 0.15) is 0 Å². The molecule has 0 fully saturated rings. The minimum absolute atomic E-state index is 0.0900. The van der Waals surface area contributed by atoms with E-state index in [9.17, 15) is 9.59 Å². The summed E-state index contributed by atoms with van der Waals surface area (Å²) in [4.78, 5) is 23.6. The number of carbonyl (C=O) groups excluding carboxylic acids is 2. The Bertz CT molecular complexity index is 630. The van der Waals surface area contributed by atoms with Gasteiger partial charge in [-0.05, 0) is 13.0 Å². The topological polar surface area (TPSA) is 48.3 Å². The van der Waals surface area contributed by atoms with Gasteiger partial charge >= 0.3 is 5.97 Å². The first-order chi connectivity index (χ1) is 8.57. The van der Waals surface area contributed by atoms with Crippen LogP contribution in [0.4, 0.5) is 0 Å². The standard InChI is InChI=1S/C13H12ClNO3/c1-3-18-13(17)12-11(14)9-6-4-5-7-10(9)15(12)8(2)16/h4-7H,3H2,1-2H3. The third-order valence-corrected chi connectivity index (χ3v) is 2.98. The van der Waals surface area contributed by atoms with Gasteiger partial charge < -0.3 is 4.74 Å². The average molecular weight is 266 g/mol. The molecule has 18 heavy (non-hydrogen) atoms. The first-order valence-electron chi connectivity index (χ1n) is 5.55. The van der Waals surface area contributed by atoms with Crippen LogP contribution >= 0.6 is 11.6 Å². The van der Waals surface area contributed by atoms with Crippen molar-refractivity contribution in [1.82, 2.24) is 4.57 Å². The van der Waals surface area contributed by atoms with Gasteiger partial charge in [0.2, 0.25) is 5.91 Å². The second-order valence-electron chi connectivity index (χ2n) is 3.75. The molecule has 1 heterocycles. The van der Waals surface area contributed by atoms with Crippen LogP contribution < -0.4 is 0 Å². The van der Waals surface area contributed by atoms with Crippen LogP contribution in [-0.4, -0.2) is 23.1 Å². The molecule has 0 unspecified atom stereocenters. The Morgan fingerprint density at radius 3 is 2.61 bits per heavy atom. The summed E-state index contributed by atoms with van der Waals surface area (Å²) in [5, 5.41) is 0.914. The van der Waals surface area contributed by atoms with Crippen LogP contribution in [0.3, 0.4) is 0 Å². The minimum atomic E-state index is -0.589. The second kappa shape index (κ2) is 4.82. The maximum atomic E-state index is 11.9. The Labute approximate surface area is 109 Å². The Hall–Kier alpha value is -1.81. The number of nitrogens with zero attached hydrogens (tertiary/aromatic N) is 1. The van der Waals surface area contributed by atoms with Crippen LogP contribution in [-0.2, 0) is 4.74 Å². The summed E-state index contributed by atoms with van der Waals surface area (Å²) in [6.45, 7) is 3.31. The summed E-state index contributed by atoms with van der Waals surface area (Å²) in [6.07, 6.45) is 0. The van der Waals surface area contributed by atoms with Gasteiger partial charge in [0.25, 0.3) is 0 Å². The normalized spacial score (nSPS) is 10.6. The SMILES string of the molecule is CCOC(=O)c1c(Cl)c2ccccc2n1C(C)=O. The lowest BCUT2D eigenvalue weighted by Gasteiger charge is -2.05. The lowest BCUT2D eigenvalue weighted by molar-refractivity contribution is 0.0510. The fourth-order valence-corrected chi connectivity index (χ4v) is 2.23. The summed E-state index contributed by atoms with van der Waals surface area (Å²) < 4.78 is 6.22. The highest BCUT2D eigenvalue weighted by molar-refractivity contribution is 6.39. The molecule has 0 spiro atoms. The molecule has 5 heteroatoms. The quantitative estimate of drug-likeness (QED) is 0.784. The smallest absolute Gasteiger partial charge is 0.356 e. The van der Waals surface area contributed by atoms with E-state index in [2.05, 4.69) is 0 Å². The Balaban J connectivity index is 2.78. The van der Waals surface area contributed by atoms with Gasteiger partial charge in [-0.15, -0.1) is 0 Å². The number of halogens is 1. The van der Waals surface area contributed by atoms with Gasteiger partial charge in [-0.2, -0.15) is 0 Å². The van der Waals surface area contributed by atoms with E-state index in [1.54, 1.807) is 31.2 Å². The van der Waals surface area contributed by atoms with Gasteiger partial charge in [0.15, 0.2) is 5.69 Å². The molecule has 2 rings (SSSR count). The predicted octanol–water partition coefficient (Wildman–Crippen LogP) is 3.13. The van der Waals surface area contributed by atoms with Gasteiger partial charge in [-0.3, -0.25) is 9.36 Å². The van der Waals surface area contributed by atoms with Gasteiger partial charge in [-0.1, -0.05) is 29.8 Å². The van der Waals surface area contributed by atoms with Gasteiger partial charge in [0.05, 0.1) is 17.1 Å². The van der Waals surface area contributed by atoms with Crippen LogP contribution in [0.25, 0.3) is 10.9 Å². The van der Waals surface area contributed by atoms with Crippen LogP contribution in [0.15, 0.2) is 24.3 Å². The van der Waals surface area contributed by atoms with Crippen molar-refractivity contribution >= 4 is 34.4 Å². The lowest BCUT2D eigenvalue weighted by atomic mass is 10.2. The first-order valence-corrected chi connectivity index (χ1v) is 5.92. The fraction of sp³-hybridized carbons (Fsp3) is 0.231. The summed E-state index contributed by atoms with van der Waals surface area (Å²) in [5.74, 6) is -0.866. The fourth-order valence-electron chi connectivity index (χ4n) is 1.91. The maximum absolute atomic E-state index is 11.9. The number of fused-ring (bicyclic) bond motifs is 1. The summed E-state index contributed by atoms with van der Waals surface area (Å²) in [5.41, 5.74) is 0.699. The molecule has 0 saturated heterocycles. The zero-order chi connectivity index (χ0) is 13.3. The van der Waals surface area contributed by atoms with Crippen molar-refractivity contribution in [2.75, 3.05) is 6.61 Å². The second-order valence-corrected chi connectivity index (χ2v) is 4.13. The van der Waals surface area contributed by atoms with Gasteiger partial charge in [0, 0.05) is 12.3 Å². The molecule has 0 atom stereocenters. The Morgan fingerprint density at radius 2 is 2.00 bits per heavy atom. The summed E-state index contributed by atoms with van der Waals surface area (Å²) >= 11 is 6.16. The van der Waals surface area contributed by atoms with E-state index in [0.29, 0.717) is 10.9 Å². The van der Waals surface area contributed by atoms with Crippen LogP contribution in [0.5, 0.6) is 0 Å². The van der Waals surface area contributed by atoms with Crippen molar-refractivity contribution in [3.05, 3.63) is 35.0 Å². The first kappa shape index (κ1) is 12.6. The van der Waals surface area contributed by atoms with Gasteiger partial charge in [-0.25, -0.2) is 4.79 Å². The number of rotatable bonds is 2. The van der Waals surface area contributed by atoms with E-state index < -0.39 is 5.97 Å². The van der Waals surface area contributed by atoms with Crippen molar-refractivity contribution < 1.29 is 14.3 Å². The molecular weight excluding hydrogens is 254 g/mol. The van der Waals surface area contributed by atoms with E-state index in [0.717, 1.165) is 0 Å². The van der Waals surface area contributed by atoms with Crippen molar-refractivity contribution in [3.63, 3.8) is 0 Å². The van der Waals surface area contributed by atoms with Crippen molar-refractivity contribution in [2.24, 2.45) is 0 Å². The molecule has 0 bridgehead atoms. The molecule has 4 nitrogen and oxygen atoms in total. The molecule has 0 aliphatic rings. The number of carbonyl (C=O) groups is 2. The molecule has 1 aromatic carbocycles. The molecule has 2 aromatic rings. The number of hydrogen-bond donors (Lipinski definition) is 0. The number of esters is 1. The molecule has 1 aromatic heterocycles. The molecular formula is C13H12ClNO3. The zero-order valence-corrected chi connectivity index (χ0v) is 10.8. The zero-order valence-electron chi connectivity index (χ0n) is 10.1. The van der Waals surface area contributed by atoms with E-state index in [1.807, 2.05) is 0 Å². The Morgan fingerprint density at radius 1 is 1.33 bits per heavy atom. The number of hydrogen-bond acceptors (Lipinski definition) is 3. The van der Waals surface area contributed by atoms with Crippen molar-refractivity contribution in [3.8, 4) is 0 Å². The number of aromatic nitrogens is 1. The highest BCUT2D eigenvalue weighted by Crippen LogP contribution is 2.31. The minimum Gasteiger partial charge on any atom is -0.461 e. The molecule has 0 saturated carbocycles. The largest absolute Gasteiger partial charge is 0.461 e. The van der Waals surface area contributed by atoms with E-state index in [1.165, 1.54) is 11.5 Å². The molecule has 0 N–H and O–H groups in total. The summed E-state index contributed by atoms with van der Waals surface area (Å²) in [6, 6.07) is 7.09. The van der Waals surface area contributed by atoms with Crippen molar-refractivity contribution in [2.45, 2.75) is 13.8 Å². The third-order valence-electron chi connectivity index (χ3n) is 2.60. The molecule has 94 valence electrons. The van der Waals surface area contributed by atoms with E-state index in [4.69, 9.17) is 16.3 Å². The lowest BCUT2D eigenvalue weighted by Crippen LogP contribution is -2.16. The van der Waals surface area contributed by atoms with Crippen LogP contribution in [0, 0.1) is 0 Å². The number of benzene rings is 1. The monoisotopic (exact) mass is 265 g/mol.